The van der Waals surface area contributed by atoms with E-state index in [0.29, 0.717) is 6.54 Å². The van der Waals surface area contributed by atoms with Crippen LogP contribution in [0.15, 0.2) is 5.16 Å². The van der Waals surface area contributed by atoms with E-state index in [-0.39, 0.29) is 11.7 Å². The third-order valence-electron chi connectivity index (χ3n) is 2.03. The lowest BCUT2D eigenvalue weighted by Crippen LogP contribution is -2.37. The van der Waals surface area contributed by atoms with Crippen molar-refractivity contribution in [1.29, 1.82) is 0 Å². The van der Waals surface area contributed by atoms with Gasteiger partial charge in [-0.2, -0.15) is 0 Å². The molecule has 0 aliphatic rings. The SMILES string of the molecule is CCCCCNC(=O)C(C)C(N)=NO. The van der Waals surface area contributed by atoms with Gasteiger partial charge in [0.05, 0.1) is 5.92 Å². The smallest absolute Gasteiger partial charge is 0.230 e. The van der Waals surface area contributed by atoms with E-state index in [0.717, 1.165) is 19.3 Å². The maximum Gasteiger partial charge on any atom is 0.230 e. The first kappa shape index (κ1) is 12.7. The minimum atomic E-state index is -0.568. The first-order chi connectivity index (χ1) is 6.63. The van der Waals surface area contributed by atoms with Crippen molar-refractivity contribution in [3.8, 4) is 0 Å². The minimum absolute atomic E-state index is 0.0574. The van der Waals surface area contributed by atoms with Crippen LogP contribution in [-0.2, 0) is 4.79 Å². The number of amidine groups is 1. The first-order valence-corrected chi connectivity index (χ1v) is 4.88. The molecule has 0 fully saturated rings. The number of nitrogens with zero attached hydrogens (tertiary/aromatic N) is 1. The van der Waals surface area contributed by atoms with Crippen LogP contribution in [0.4, 0.5) is 0 Å². The van der Waals surface area contributed by atoms with Gasteiger partial charge in [0, 0.05) is 6.54 Å². The van der Waals surface area contributed by atoms with Crippen LogP contribution in [0.2, 0.25) is 0 Å². The average Bonchev–Trinajstić information content (AvgIpc) is 2.21. The highest BCUT2D eigenvalue weighted by molar-refractivity contribution is 6.01. The number of carbonyl (C=O) groups is 1. The molecule has 0 saturated carbocycles. The Morgan fingerprint density at radius 2 is 2.21 bits per heavy atom. The van der Waals surface area contributed by atoms with Gasteiger partial charge in [-0.25, -0.2) is 0 Å². The lowest BCUT2D eigenvalue weighted by atomic mass is 10.1. The van der Waals surface area contributed by atoms with Crippen molar-refractivity contribution in [2.75, 3.05) is 6.54 Å². The van der Waals surface area contributed by atoms with E-state index in [2.05, 4.69) is 17.4 Å². The molecule has 0 saturated heterocycles. The Bertz CT molecular complexity index is 204. The molecule has 4 N–H and O–H groups in total. The van der Waals surface area contributed by atoms with Gasteiger partial charge in [-0.15, -0.1) is 0 Å². The van der Waals surface area contributed by atoms with Crippen molar-refractivity contribution < 1.29 is 10.0 Å². The Labute approximate surface area is 84.4 Å². The fourth-order valence-corrected chi connectivity index (χ4v) is 0.961. The number of hydrogen-bond acceptors (Lipinski definition) is 3. The van der Waals surface area contributed by atoms with Crippen molar-refractivity contribution in [2.45, 2.75) is 33.1 Å². The second kappa shape index (κ2) is 7.17. The molecule has 0 rings (SSSR count). The molecule has 5 heteroatoms. The van der Waals surface area contributed by atoms with Crippen LogP contribution in [0.25, 0.3) is 0 Å². The van der Waals surface area contributed by atoms with E-state index in [1.807, 2.05) is 0 Å². The van der Waals surface area contributed by atoms with E-state index in [1.54, 1.807) is 6.92 Å². The predicted octanol–water partition coefficient (Wildman–Crippen LogP) is 0.675. The van der Waals surface area contributed by atoms with E-state index in [9.17, 15) is 4.79 Å². The third-order valence-corrected chi connectivity index (χ3v) is 2.03. The third kappa shape index (κ3) is 4.69. The van der Waals surface area contributed by atoms with Crippen LogP contribution < -0.4 is 11.1 Å². The summed E-state index contributed by atoms with van der Waals surface area (Å²) in [6, 6.07) is 0. The summed E-state index contributed by atoms with van der Waals surface area (Å²) >= 11 is 0. The Balaban J connectivity index is 3.74. The van der Waals surface area contributed by atoms with Gasteiger partial charge in [-0.3, -0.25) is 4.79 Å². The van der Waals surface area contributed by atoms with Crippen LogP contribution in [0.5, 0.6) is 0 Å². The van der Waals surface area contributed by atoms with Crippen molar-refractivity contribution in [1.82, 2.24) is 5.32 Å². The molecule has 5 nitrogen and oxygen atoms in total. The molecule has 82 valence electrons. The topological polar surface area (TPSA) is 87.7 Å². The number of oxime groups is 1. The molecular weight excluding hydrogens is 182 g/mol. The number of nitrogens with two attached hydrogens (primary N) is 1. The van der Waals surface area contributed by atoms with Gasteiger partial charge in [-0.05, 0) is 13.3 Å². The fourth-order valence-electron chi connectivity index (χ4n) is 0.961. The normalized spacial score (nSPS) is 13.7. The summed E-state index contributed by atoms with van der Waals surface area (Å²) in [4.78, 5) is 11.3. The van der Waals surface area contributed by atoms with E-state index in [4.69, 9.17) is 10.9 Å². The van der Waals surface area contributed by atoms with Crippen LogP contribution in [-0.4, -0.2) is 23.5 Å². The molecular formula is C9H19N3O2. The van der Waals surface area contributed by atoms with Crippen LogP contribution in [0, 0.1) is 5.92 Å². The molecule has 1 unspecified atom stereocenters. The number of amides is 1. The number of carbonyl (C=O) groups excluding carboxylic acids is 1. The fraction of sp³-hybridized carbons (Fsp3) is 0.778. The summed E-state index contributed by atoms with van der Waals surface area (Å²) in [6.07, 6.45) is 3.18. The van der Waals surface area contributed by atoms with E-state index in [1.165, 1.54) is 0 Å². The highest BCUT2D eigenvalue weighted by atomic mass is 16.4. The van der Waals surface area contributed by atoms with Crippen molar-refractivity contribution >= 4 is 11.7 Å². The number of nitrogens with one attached hydrogen (secondary N) is 1. The minimum Gasteiger partial charge on any atom is -0.409 e. The zero-order valence-electron chi connectivity index (χ0n) is 8.79. The van der Waals surface area contributed by atoms with Gasteiger partial charge in [0.15, 0.2) is 5.84 Å². The molecule has 0 aromatic carbocycles. The second-order valence-corrected chi connectivity index (χ2v) is 3.24. The monoisotopic (exact) mass is 201 g/mol. The first-order valence-electron chi connectivity index (χ1n) is 4.88. The summed E-state index contributed by atoms with van der Waals surface area (Å²) in [5.41, 5.74) is 5.29. The summed E-state index contributed by atoms with van der Waals surface area (Å²) < 4.78 is 0. The summed E-state index contributed by atoms with van der Waals surface area (Å²) in [6.45, 7) is 4.35. The number of hydrogen-bond donors (Lipinski definition) is 3. The summed E-state index contributed by atoms with van der Waals surface area (Å²) in [5, 5.41) is 13.9. The number of unbranched alkanes of at least 4 members (excludes halogenated alkanes) is 2. The molecule has 0 radical (unpaired) electrons. The molecule has 0 aromatic heterocycles. The summed E-state index contributed by atoms with van der Waals surface area (Å²) in [5.74, 6) is -0.823. The Hall–Kier alpha value is -1.26. The zero-order valence-corrected chi connectivity index (χ0v) is 8.79. The Morgan fingerprint density at radius 3 is 2.71 bits per heavy atom. The Kier molecular flexibility index (Phi) is 6.53. The van der Waals surface area contributed by atoms with Gasteiger partial charge >= 0.3 is 0 Å². The summed E-state index contributed by atoms with van der Waals surface area (Å²) in [7, 11) is 0. The van der Waals surface area contributed by atoms with E-state index < -0.39 is 5.92 Å². The van der Waals surface area contributed by atoms with Gasteiger partial charge in [0.2, 0.25) is 5.91 Å². The molecule has 1 atom stereocenters. The highest BCUT2D eigenvalue weighted by Crippen LogP contribution is 1.96. The molecule has 1 amide bonds. The van der Waals surface area contributed by atoms with Crippen molar-refractivity contribution in [3.63, 3.8) is 0 Å². The molecule has 14 heavy (non-hydrogen) atoms. The second-order valence-electron chi connectivity index (χ2n) is 3.24. The van der Waals surface area contributed by atoms with Gasteiger partial charge < -0.3 is 16.3 Å². The van der Waals surface area contributed by atoms with Crippen LogP contribution >= 0.6 is 0 Å². The maximum atomic E-state index is 11.3. The lowest BCUT2D eigenvalue weighted by Gasteiger charge is -2.09. The lowest BCUT2D eigenvalue weighted by molar-refractivity contribution is -0.122. The average molecular weight is 201 g/mol. The zero-order chi connectivity index (χ0) is 11.0. The quantitative estimate of drug-likeness (QED) is 0.194. The molecule has 0 aliphatic heterocycles. The Morgan fingerprint density at radius 1 is 1.57 bits per heavy atom. The molecule has 0 aromatic rings. The predicted molar refractivity (Wildman–Crippen MR) is 55.1 cm³/mol. The number of rotatable bonds is 6. The highest BCUT2D eigenvalue weighted by Gasteiger charge is 2.16. The van der Waals surface area contributed by atoms with Crippen LogP contribution in [0.3, 0.4) is 0 Å². The van der Waals surface area contributed by atoms with Crippen molar-refractivity contribution in [2.24, 2.45) is 16.8 Å². The van der Waals surface area contributed by atoms with E-state index >= 15 is 0 Å². The van der Waals surface area contributed by atoms with Crippen molar-refractivity contribution in [3.05, 3.63) is 0 Å². The molecule has 0 aliphatic carbocycles. The molecule has 0 bridgehead atoms. The van der Waals surface area contributed by atoms with Gasteiger partial charge in [0.25, 0.3) is 0 Å². The van der Waals surface area contributed by atoms with Crippen LogP contribution in [0.1, 0.15) is 33.1 Å². The largest absolute Gasteiger partial charge is 0.409 e. The maximum absolute atomic E-state index is 11.3. The molecule has 0 heterocycles. The molecule has 0 spiro atoms. The van der Waals surface area contributed by atoms with Gasteiger partial charge in [-0.1, -0.05) is 24.9 Å². The standard InChI is InChI=1S/C9H19N3O2/c1-3-4-5-6-11-9(13)7(2)8(10)12-14/h7,14H,3-6H2,1-2H3,(H2,10,12)(H,11,13). The van der Waals surface area contributed by atoms with Gasteiger partial charge in [0.1, 0.15) is 0 Å².